The number of benzene rings is 1. The van der Waals surface area contributed by atoms with E-state index in [1.165, 1.54) is 0 Å². The summed E-state index contributed by atoms with van der Waals surface area (Å²) in [6, 6.07) is 11.7. The topological polar surface area (TPSA) is 106 Å². The van der Waals surface area contributed by atoms with Gasteiger partial charge in [0.25, 0.3) is 0 Å². The lowest BCUT2D eigenvalue weighted by atomic mass is 10.0. The highest BCUT2D eigenvalue weighted by Gasteiger charge is 2.21. The Bertz CT molecular complexity index is 1550. The molecule has 9 heteroatoms. The van der Waals surface area contributed by atoms with Gasteiger partial charge in [-0.25, -0.2) is 15.0 Å². The van der Waals surface area contributed by atoms with Crippen molar-refractivity contribution >= 4 is 16.6 Å². The van der Waals surface area contributed by atoms with Gasteiger partial charge in [-0.3, -0.25) is 9.08 Å². The first-order valence-electron chi connectivity index (χ1n) is 11.7. The van der Waals surface area contributed by atoms with Gasteiger partial charge in [0.15, 0.2) is 5.65 Å². The maximum Gasteiger partial charge on any atom is 0.240 e. The lowest BCUT2D eigenvalue weighted by Gasteiger charge is -2.23. The molecule has 5 aromatic rings. The average molecular weight is 465 g/mol. The van der Waals surface area contributed by atoms with E-state index in [1.54, 1.807) is 35.5 Å². The van der Waals surface area contributed by atoms with Crippen molar-refractivity contribution in [2.45, 2.75) is 12.8 Å². The number of imidazole rings is 1. The molecule has 1 N–H and O–H groups in total. The smallest absolute Gasteiger partial charge is 0.240 e. The number of fused-ring (bicyclic) bond motifs is 2. The minimum absolute atomic E-state index is 0.448. The molecule has 0 amide bonds. The van der Waals surface area contributed by atoms with Crippen LogP contribution in [0.5, 0.6) is 5.88 Å². The lowest BCUT2D eigenvalue weighted by molar-refractivity contribution is 0.214. The molecule has 0 unspecified atom stereocenters. The summed E-state index contributed by atoms with van der Waals surface area (Å²) in [6.07, 6.45) is 9.50. The van der Waals surface area contributed by atoms with E-state index < -0.39 is 0 Å². The number of hydrogen-bond donors (Lipinski definition) is 1. The molecule has 0 radical (unpaired) electrons. The third-order valence-electron chi connectivity index (χ3n) is 6.52. The van der Waals surface area contributed by atoms with E-state index in [9.17, 15) is 5.26 Å². The molecule has 9 nitrogen and oxygen atoms in total. The summed E-state index contributed by atoms with van der Waals surface area (Å²) in [4.78, 5) is 14.1. The van der Waals surface area contributed by atoms with Crippen molar-refractivity contribution in [1.29, 1.82) is 5.26 Å². The molecule has 5 heterocycles. The maximum absolute atomic E-state index is 9.27. The van der Waals surface area contributed by atoms with Gasteiger partial charge in [0.2, 0.25) is 5.88 Å². The summed E-state index contributed by atoms with van der Waals surface area (Å²) in [5.41, 5.74) is 5.57. The van der Waals surface area contributed by atoms with Crippen LogP contribution in [0.15, 0.2) is 55.2 Å². The van der Waals surface area contributed by atoms with Gasteiger partial charge < -0.3 is 10.1 Å². The minimum Gasteiger partial charge on any atom is -0.476 e. The van der Waals surface area contributed by atoms with Crippen molar-refractivity contribution in [3.05, 3.63) is 60.8 Å². The van der Waals surface area contributed by atoms with E-state index in [2.05, 4.69) is 32.5 Å². The Balaban J connectivity index is 1.51. The molecule has 1 aliphatic heterocycles. The quantitative estimate of drug-likeness (QED) is 0.424. The Hall–Kier alpha value is -4.29. The molecule has 0 aliphatic carbocycles. The summed E-state index contributed by atoms with van der Waals surface area (Å²) < 4.78 is 10.1. The molecule has 1 atom stereocenters. The van der Waals surface area contributed by atoms with Gasteiger partial charge in [-0.1, -0.05) is 12.1 Å². The highest BCUT2D eigenvalue weighted by atomic mass is 16.5. The molecular formula is C26H24N8O. The summed E-state index contributed by atoms with van der Waals surface area (Å²) in [6.45, 7) is 2.61. The molecule has 1 aliphatic rings. The van der Waals surface area contributed by atoms with Crippen LogP contribution < -0.4 is 10.1 Å². The van der Waals surface area contributed by atoms with Crippen molar-refractivity contribution in [2.75, 3.05) is 19.7 Å². The molecule has 1 saturated heterocycles. The Labute approximate surface area is 202 Å². The second kappa shape index (κ2) is 8.81. The zero-order valence-electron chi connectivity index (χ0n) is 19.3. The first-order chi connectivity index (χ1) is 17.2. The van der Waals surface area contributed by atoms with Gasteiger partial charge in [0, 0.05) is 42.2 Å². The van der Waals surface area contributed by atoms with Gasteiger partial charge in [0.1, 0.15) is 5.52 Å². The lowest BCUT2D eigenvalue weighted by Crippen LogP contribution is -2.33. The number of aryl methyl sites for hydroxylation is 1. The number of pyridine rings is 1. The van der Waals surface area contributed by atoms with E-state index in [0.717, 1.165) is 65.0 Å². The Morgan fingerprint density at radius 2 is 2.06 bits per heavy atom. The van der Waals surface area contributed by atoms with Crippen molar-refractivity contribution in [3.63, 3.8) is 0 Å². The van der Waals surface area contributed by atoms with Gasteiger partial charge >= 0.3 is 0 Å². The van der Waals surface area contributed by atoms with Gasteiger partial charge in [-0.15, -0.1) is 0 Å². The standard InChI is InChI=1S/C26H24N8O/c1-33-25-21(13-31-33)9-20(12-30-25)24-23(19-6-4-17(10-27)5-7-19)32-26(22-14-29-16-34(22)24)35-15-18-3-2-8-28-11-18/h4-7,9,12-14,16,18,28H,2-3,8,11,15H2,1H3/t18-/m1/s1. The second-order valence-electron chi connectivity index (χ2n) is 8.88. The number of nitriles is 1. The monoisotopic (exact) mass is 464 g/mol. The second-order valence-corrected chi connectivity index (χ2v) is 8.88. The molecule has 0 saturated carbocycles. The van der Waals surface area contributed by atoms with Gasteiger partial charge in [-0.05, 0) is 37.6 Å². The fourth-order valence-electron chi connectivity index (χ4n) is 4.68. The third kappa shape index (κ3) is 3.88. The van der Waals surface area contributed by atoms with Crippen molar-refractivity contribution in [3.8, 4) is 34.5 Å². The Morgan fingerprint density at radius 1 is 1.17 bits per heavy atom. The van der Waals surface area contributed by atoms with E-state index in [4.69, 9.17) is 9.72 Å². The van der Waals surface area contributed by atoms with E-state index in [0.29, 0.717) is 24.0 Å². The highest BCUT2D eigenvalue weighted by molar-refractivity contribution is 5.86. The van der Waals surface area contributed by atoms with Crippen molar-refractivity contribution < 1.29 is 4.74 Å². The van der Waals surface area contributed by atoms with Crippen LogP contribution in [0.1, 0.15) is 18.4 Å². The summed E-state index contributed by atoms with van der Waals surface area (Å²) in [5, 5.41) is 18.0. The molecule has 1 fully saturated rings. The molecule has 174 valence electrons. The number of rotatable bonds is 5. The third-order valence-corrected chi connectivity index (χ3v) is 6.52. The van der Waals surface area contributed by atoms with E-state index in [1.807, 2.05) is 29.8 Å². The predicted octanol–water partition coefficient (Wildman–Crippen LogP) is 3.60. The normalized spacial score (nSPS) is 15.9. The number of nitrogens with one attached hydrogen (secondary N) is 1. The predicted molar refractivity (Wildman–Crippen MR) is 132 cm³/mol. The molecule has 1 aromatic carbocycles. The minimum atomic E-state index is 0.448. The summed E-state index contributed by atoms with van der Waals surface area (Å²) in [7, 11) is 1.88. The fraction of sp³-hybridized carbons (Fsp3) is 0.269. The number of aromatic nitrogens is 6. The molecule has 0 bridgehead atoms. The Kier molecular flexibility index (Phi) is 5.35. The Morgan fingerprint density at radius 3 is 2.86 bits per heavy atom. The number of hydrogen-bond acceptors (Lipinski definition) is 7. The molecule has 6 rings (SSSR count). The molecule has 4 aromatic heterocycles. The summed E-state index contributed by atoms with van der Waals surface area (Å²) >= 11 is 0. The SMILES string of the molecule is Cn1ncc2cc(-c3c(-c4ccc(C#N)cc4)nc(OC[C@@H]4CCCNC4)c4cncn34)cnc21. The van der Waals surface area contributed by atoms with Gasteiger partial charge in [0.05, 0.1) is 48.3 Å². The van der Waals surface area contributed by atoms with Crippen LogP contribution in [-0.4, -0.2) is 48.8 Å². The van der Waals surface area contributed by atoms with Crippen molar-refractivity contribution in [2.24, 2.45) is 13.0 Å². The van der Waals surface area contributed by atoms with Crippen LogP contribution in [-0.2, 0) is 7.05 Å². The zero-order chi connectivity index (χ0) is 23.8. The number of ether oxygens (including phenoxy) is 1. The number of nitrogens with zero attached hydrogens (tertiary/aromatic N) is 7. The molecular weight excluding hydrogens is 440 g/mol. The highest BCUT2D eigenvalue weighted by Crippen LogP contribution is 2.36. The van der Waals surface area contributed by atoms with Crippen LogP contribution >= 0.6 is 0 Å². The van der Waals surface area contributed by atoms with Crippen LogP contribution in [0.4, 0.5) is 0 Å². The van der Waals surface area contributed by atoms with E-state index >= 15 is 0 Å². The molecule has 35 heavy (non-hydrogen) atoms. The van der Waals surface area contributed by atoms with Gasteiger partial charge in [-0.2, -0.15) is 10.4 Å². The summed E-state index contributed by atoms with van der Waals surface area (Å²) in [5.74, 6) is 0.996. The first kappa shape index (κ1) is 21.3. The maximum atomic E-state index is 9.27. The molecule has 0 spiro atoms. The van der Waals surface area contributed by atoms with E-state index in [-0.39, 0.29) is 0 Å². The largest absolute Gasteiger partial charge is 0.476 e. The van der Waals surface area contributed by atoms with Crippen LogP contribution in [0.3, 0.4) is 0 Å². The number of piperidine rings is 1. The average Bonchev–Trinajstić information content (AvgIpc) is 3.54. The zero-order valence-corrected chi connectivity index (χ0v) is 19.3. The fourth-order valence-corrected chi connectivity index (χ4v) is 4.68. The van der Waals surface area contributed by atoms with Crippen molar-refractivity contribution in [1.82, 2.24) is 34.4 Å². The van der Waals surface area contributed by atoms with Crippen LogP contribution in [0.25, 0.3) is 39.1 Å². The van der Waals surface area contributed by atoms with Crippen LogP contribution in [0.2, 0.25) is 0 Å². The van der Waals surface area contributed by atoms with Crippen LogP contribution in [0, 0.1) is 17.2 Å². The first-order valence-corrected chi connectivity index (χ1v) is 11.7.